The molecule has 1 aromatic rings. The molecule has 8 nitrogen and oxygen atoms in total. The number of morpholine rings is 2. The van der Waals surface area contributed by atoms with Gasteiger partial charge in [0, 0.05) is 38.6 Å². The first-order valence-electron chi connectivity index (χ1n) is 7.50. The predicted molar refractivity (Wildman–Crippen MR) is 83.1 cm³/mol. The topological polar surface area (TPSA) is 72.7 Å². The molecule has 2 aliphatic heterocycles. The molecule has 0 unspecified atom stereocenters. The van der Waals surface area contributed by atoms with Gasteiger partial charge in [0.05, 0.1) is 26.4 Å². The highest BCUT2D eigenvalue weighted by Gasteiger charge is 2.22. The van der Waals surface area contributed by atoms with Crippen LogP contribution in [0.4, 0.5) is 11.9 Å². The molecule has 2 saturated heterocycles. The average molecular weight is 330 g/mol. The van der Waals surface area contributed by atoms with Gasteiger partial charge in [0.25, 0.3) is 0 Å². The minimum Gasteiger partial charge on any atom is -0.378 e. The zero-order chi connectivity index (χ0) is 15.4. The van der Waals surface area contributed by atoms with Gasteiger partial charge in [-0.1, -0.05) is 0 Å². The third kappa shape index (κ3) is 3.34. The number of halogens is 1. The van der Waals surface area contributed by atoms with E-state index in [0.717, 1.165) is 0 Å². The van der Waals surface area contributed by atoms with Gasteiger partial charge in [0.1, 0.15) is 0 Å². The van der Waals surface area contributed by atoms with Crippen LogP contribution in [0.25, 0.3) is 0 Å². The fourth-order valence-corrected chi connectivity index (χ4v) is 2.76. The summed E-state index contributed by atoms with van der Waals surface area (Å²) in [6.45, 7) is 5.72. The number of ether oxygens (including phenoxy) is 2. The number of anilines is 2. The Labute approximate surface area is 133 Å². The SMILES string of the molecule is O=c1nc(N2CCOCC2)nc(N2CCOCC2)n1CCCl. The lowest BCUT2D eigenvalue weighted by Gasteiger charge is -2.31. The van der Waals surface area contributed by atoms with Crippen LogP contribution in [0.3, 0.4) is 0 Å². The van der Waals surface area contributed by atoms with Crippen molar-refractivity contribution in [3.05, 3.63) is 10.5 Å². The van der Waals surface area contributed by atoms with E-state index in [2.05, 4.69) is 14.9 Å². The summed E-state index contributed by atoms with van der Waals surface area (Å²) in [4.78, 5) is 25.2. The largest absolute Gasteiger partial charge is 0.378 e. The van der Waals surface area contributed by atoms with Crippen molar-refractivity contribution in [2.45, 2.75) is 6.54 Å². The fraction of sp³-hybridized carbons (Fsp3) is 0.769. The van der Waals surface area contributed by atoms with E-state index in [4.69, 9.17) is 21.1 Å². The molecule has 0 saturated carbocycles. The van der Waals surface area contributed by atoms with Gasteiger partial charge in [-0.25, -0.2) is 4.79 Å². The molecule has 0 spiro atoms. The molecule has 3 rings (SSSR count). The van der Waals surface area contributed by atoms with Crippen molar-refractivity contribution >= 4 is 23.5 Å². The van der Waals surface area contributed by atoms with Crippen LogP contribution < -0.4 is 15.5 Å². The van der Waals surface area contributed by atoms with E-state index in [1.165, 1.54) is 0 Å². The number of nitrogens with zero attached hydrogens (tertiary/aromatic N) is 5. The molecule has 2 fully saturated rings. The number of alkyl halides is 1. The highest BCUT2D eigenvalue weighted by atomic mass is 35.5. The van der Waals surface area contributed by atoms with E-state index < -0.39 is 0 Å². The van der Waals surface area contributed by atoms with Crippen LogP contribution >= 0.6 is 11.6 Å². The van der Waals surface area contributed by atoms with Crippen LogP contribution in [0.15, 0.2) is 4.79 Å². The molecule has 9 heteroatoms. The minimum atomic E-state index is -0.307. The standard InChI is InChI=1S/C13H20ClN5O3/c14-1-2-19-12(18-5-9-22-10-6-18)15-11(16-13(19)20)17-3-7-21-8-4-17/h1-10H2. The third-order valence-electron chi connectivity index (χ3n) is 3.76. The van der Waals surface area contributed by atoms with E-state index in [9.17, 15) is 4.79 Å². The molecule has 122 valence electrons. The monoisotopic (exact) mass is 329 g/mol. The predicted octanol–water partition coefficient (Wildman–Crippen LogP) is -0.450. The second-order valence-corrected chi connectivity index (χ2v) is 5.52. The summed E-state index contributed by atoms with van der Waals surface area (Å²) in [6.07, 6.45) is 0. The molecule has 0 radical (unpaired) electrons. The Kier molecular flexibility index (Phi) is 5.12. The fourth-order valence-electron chi connectivity index (χ4n) is 2.60. The van der Waals surface area contributed by atoms with Crippen molar-refractivity contribution in [2.24, 2.45) is 0 Å². The molecule has 0 atom stereocenters. The van der Waals surface area contributed by atoms with Gasteiger partial charge in [0.2, 0.25) is 11.9 Å². The Hall–Kier alpha value is -1.38. The number of hydrogen-bond acceptors (Lipinski definition) is 7. The van der Waals surface area contributed by atoms with Crippen LogP contribution in [-0.4, -0.2) is 73.0 Å². The lowest BCUT2D eigenvalue weighted by atomic mass is 10.4. The van der Waals surface area contributed by atoms with Crippen LogP contribution in [0.1, 0.15) is 0 Å². The number of rotatable bonds is 4. The Morgan fingerprint density at radius 2 is 1.55 bits per heavy atom. The summed E-state index contributed by atoms with van der Waals surface area (Å²) in [7, 11) is 0. The Morgan fingerprint density at radius 1 is 0.955 bits per heavy atom. The van der Waals surface area contributed by atoms with Crippen molar-refractivity contribution in [3.63, 3.8) is 0 Å². The zero-order valence-corrected chi connectivity index (χ0v) is 13.2. The van der Waals surface area contributed by atoms with Crippen LogP contribution in [0.5, 0.6) is 0 Å². The van der Waals surface area contributed by atoms with Gasteiger partial charge < -0.3 is 19.3 Å². The van der Waals surface area contributed by atoms with E-state index in [-0.39, 0.29) is 5.69 Å². The van der Waals surface area contributed by atoms with Crippen molar-refractivity contribution in [1.82, 2.24) is 14.5 Å². The van der Waals surface area contributed by atoms with Gasteiger partial charge in [-0.15, -0.1) is 11.6 Å². The van der Waals surface area contributed by atoms with Crippen LogP contribution in [-0.2, 0) is 16.0 Å². The smallest absolute Gasteiger partial charge is 0.353 e. The van der Waals surface area contributed by atoms with Gasteiger partial charge >= 0.3 is 5.69 Å². The van der Waals surface area contributed by atoms with Crippen LogP contribution in [0, 0.1) is 0 Å². The molecule has 0 N–H and O–H groups in total. The second kappa shape index (κ2) is 7.26. The van der Waals surface area contributed by atoms with Gasteiger partial charge in [-0.05, 0) is 0 Å². The molecule has 3 heterocycles. The van der Waals surface area contributed by atoms with E-state index in [1.54, 1.807) is 4.57 Å². The molecular weight excluding hydrogens is 310 g/mol. The highest BCUT2D eigenvalue weighted by Crippen LogP contribution is 2.16. The third-order valence-corrected chi connectivity index (χ3v) is 3.93. The van der Waals surface area contributed by atoms with Crippen molar-refractivity contribution in [2.75, 3.05) is 68.3 Å². The van der Waals surface area contributed by atoms with Gasteiger partial charge in [-0.2, -0.15) is 9.97 Å². The molecular formula is C13H20ClN5O3. The lowest BCUT2D eigenvalue weighted by Crippen LogP contribution is -2.44. The van der Waals surface area contributed by atoms with Crippen LogP contribution in [0.2, 0.25) is 0 Å². The van der Waals surface area contributed by atoms with E-state index >= 15 is 0 Å². The summed E-state index contributed by atoms with van der Waals surface area (Å²) in [5.41, 5.74) is -0.307. The molecule has 2 aliphatic rings. The molecule has 0 aromatic carbocycles. The van der Waals surface area contributed by atoms with E-state index in [0.29, 0.717) is 76.9 Å². The second-order valence-electron chi connectivity index (χ2n) is 5.15. The van der Waals surface area contributed by atoms with Gasteiger partial charge in [-0.3, -0.25) is 4.57 Å². The average Bonchev–Trinajstić information content (AvgIpc) is 2.58. The van der Waals surface area contributed by atoms with Crippen molar-refractivity contribution in [3.8, 4) is 0 Å². The Morgan fingerprint density at radius 3 is 2.14 bits per heavy atom. The van der Waals surface area contributed by atoms with E-state index in [1.807, 2.05) is 4.90 Å². The normalized spacial score (nSPS) is 19.5. The Bertz CT molecular complexity index is 555. The quantitative estimate of drug-likeness (QED) is 0.693. The first kappa shape index (κ1) is 15.5. The maximum Gasteiger partial charge on any atom is 0.353 e. The number of aromatic nitrogens is 3. The zero-order valence-electron chi connectivity index (χ0n) is 12.4. The summed E-state index contributed by atoms with van der Waals surface area (Å²) in [5, 5.41) is 0. The molecule has 22 heavy (non-hydrogen) atoms. The molecule has 0 bridgehead atoms. The maximum absolute atomic E-state index is 12.4. The summed E-state index contributed by atoms with van der Waals surface area (Å²) < 4.78 is 12.3. The highest BCUT2D eigenvalue weighted by molar-refractivity contribution is 6.17. The number of hydrogen-bond donors (Lipinski definition) is 0. The molecule has 0 aliphatic carbocycles. The lowest BCUT2D eigenvalue weighted by molar-refractivity contribution is 0.120. The first-order chi connectivity index (χ1) is 10.8. The molecule has 0 amide bonds. The van der Waals surface area contributed by atoms with Gasteiger partial charge in [0.15, 0.2) is 0 Å². The first-order valence-corrected chi connectivity index (χ1v) is 8.03. The minimum absolute atomic E-state index is 0.307. The van der Waals surface area contributed by atoms with Crippen molar-refractivity contribution in [1.29, 1.82) is 0 Å². The maximum atomic E-state index is 12.4. The van der Waals surface area contributed by atoms with Crippen molar-refractivity contribution < 1.29 is 9.47 Å². The summed E-state index contributed by atoms with van der Waals surface area (Å²) in [6, 6.07) is 0. The Balaban J connectivity index is 1.95. The summed E-state index contributed by atoms with van der Waals surface area (Å²) >= 11 is 5.82. The molecule has 1 aromatic heterocycles. The summed E-state index contributed by atoms with van der Waals surface area (Å²) in [5.74, 6) is 1.45.